The van der Waals surface area contributed by atoms with Gasteiger partial charge in [-0.3, -0.25) is 4.79 Å². The fraction of sp³-hybridized carbons (Fsp3) is 0.375. The Morgan fingerprint density at radius 3 is 2.48 bits per heavy atom. The van der Waals surface area contributed by atoms with E-state index in [-0.39, 0.29) is 11.9 Å². The quantitative estimate of drug-likeness (QED) is 0.598. The van der Waals surface area contributed by atoms with E-state index in [0.29, 0.717) is 6.54 Å². The van der Waals surface area contributed by atoms with Crippen LogP contribution < -0.4 is 19.9 Å². The summed E-state index contributed by atoms with van der Waals surface area (Å²) >= 11 is 0. The molecule has 3 rings (SSSR count). The van der Waals surface area contributed by atoms with Crippen LogP contribution in [-0.2, 0) is 11.3 Å². The molecule has 1 saturated heterocycles. The number of hydrogen-bond acceptors (Lipinski definition) is 2. The lowest BCUT2D eigenvalue weighted by Gasteiger charge is -2.32. The summed E-state index contributed by atoms with van der Waals surface area (Å²) < 4.78 is 5.36. The molecule has 0 bridgehead atoms. The van der Waals surface area contributed by atoms with Crippen LogP contribution in [0.5, 0.6) is 5.75 Å². The van der Waals surface area contributed by atoms with Gasteiger partial charge in [0.05, 0.1) is 13.7 Å². The summed E-state index contributed by atoms with van der Waals surface area (Å²) in [6, 6.07) is 18.2. The molecule has 1 amide bonds. The van der Waals surface area contributed by atoms with E-state index < -0.39 is 0 Å². The lowest BCUT2D eigenvalue weighted by molar-refractivity contribution is -1.02. The number of hydrogen-bond donors (Lipinski definition) is 3. The summed E-state index contributed by atoms with van der Waals surface area (Å²) in [6.07, 6.45) is 4.46. The average Bonchev–Trinajstić information content (AvgIpc) is 2.78. The van der Waals surface area contributed by atoms with Gasteiger partial charge in [0.15, 0.2) is 6.04 Å². The zero-order valence-corrected chi connectivity index (χ0v) is 17.5. The lowest BCUT2D eigenvalue weighted by Crippen LogP contribution is -3.30. The molecule has 2 aromatic carbocycles. The third kappa shape index (κ3) is 6.17. The van der Waals surface area contributed by atoms with Gasteiger partial charge in [0.1, 0.15) is 31.9 Å². The number of piperazine rings is 1. The van der Waals surface area contributed by atoms with E-state index in [1.54, 1.807) is 12.0 Å². The van der Waals surface area contributed by atoms with Gasteiger partial charge in [-0.25, -0.2) is 0 Å². The van der Waals surface area contributed by atoms with Crippen LogP contribution in [0.4, 0.5) is 0 Å². The summed E-state index contributed by atoms with van der Waals surface area (Å²) in [7, 11) is 1.66. The van der Waals surface area contributed by atoms with Gasteiger partial charge in [0.25, 0.3) is 5.91 Å². The van der Waals surface area contributed by atoms with Crippen LogP contribution in [-0.4, -0.2) is 51.8 Å². The number of para-hydroxylation sites is 1. The van der Waals surface area contributed by atoms with Crippen molar-refractivity contribution in [1.29, 1.82) is 0 Å². The summed E-state index contributed by atoms with van der Waals surface area (Å²) in [5.41, 5.74) is 2.25. The zero-order valence-electron chi connectivity index (χ0n) is 17.5. The standard InChI is InChI=1S/C24H31N3O2/c1-20(24(28)25-19-22-12-6-7-13-23(22)29-2)27-17-15-26(16-18-27)14-8-11-21-9-4-3-5-10-21/h3-13,20H,14-19H2,1-2H3,(H,25,28)/p+2/b11-8+/t20-/m0/s1. The molecular formula is C24H33N3O2+2. The monoisotopic (exact) mass is 395 g/mol. The minimum atomic E-state index is -0.0360. The van der Waals surface area contributed by atoms with Crippen molar-refractivity contribution in [3.8, 4) is 5.75 Å². The smallest absolute Gasteiger partial charge is 0.278 e. The molecule has 0 unspecified atom stereocenters. The normalized spacial score (nSPS) is 20.3. The first kappa shape index (κ1) is 21.1. The number of carbonyl (C=O) groups is 1. The molecule has 1 aliphatic rings. The Labute approximate surface area is 174 Å². The molecule has 3 N–H and O–H groups in total. The van der Waals surface area contributed by atoms with Gasteiger partial charge < -0.3 is 19.9 Å². The Kier molecular flexibility index (Phi) is 7.85. The molecular weight excluding hydrogens is 362 g/mol. The van der Waals surface area contributed by atoms with Gasteiger partial charge in [-0.15, -0.1) is 0 Å². The third-order valence-corrected chi connectivity index (χ3v) is 5.77. The number of amides is 1. The van der Waals surface area contributed by atoms with E-state index in [4.69, 9.17) is 4.74 Å². The maximum atomic E-state index is 12.6. The van der Waals surface area contributed by atoms with Crippen LogP contribution in [0.15, 0.2) is 60.7 Å². The summed E-state index contributed by atoms with van der Waals surface area (Å²) in [4.78, 5) is 15.6. The molecule has 1 aliphatic heterocycles. The molecule has 154 valence electrons. The summed E-state index contributed by atoms with van der Waals surface area (Å²) in [5.74, 6) is 0.923. The first-order valence-electron chi connectivity index (χ1n) is 10.5. The van der Waals surface area contributed by atoms with Gasteiger partial charge in [0, 0.05) is 12.1 Å². The molecule has 0 saturated carbocycles. The van der Waals surface area contributed by atoms with Crippen LogP contribution in [0.2, 0.25) is 0 Å². The Hall–Kier alpha value is -2.63. The van der Waals surface area contributed by atoms with Crippen molar-refractivity contribution in [1.82, 2.24) is 5.32 Å². The second-order valence-corrected chi connectivity index (χ2v) is 7.68. The average molecular weight is 396 g/mol. The van der Waals surface area contributed by atoms with Gasteiger partial charge >= 0.3 is 0 Å². The molecule has 0 spiro atoms. The highest BCUT2D eigenvalue weighted by Crippen LogP contribution is 2.16. The molecule has 0 aliphatic carbocycles. The zero-order chi connectivity index (χ0) is 20.5. The molecule has 5 nitrogen and oxygen atoms in total. The fourth-order valence-corrected chi connectivity index (χ4v) is 3.86. The number of nitrogens with one attached hydrogen (secondary N) is 3. The molecule has 0 radical (unpaired) electrons. The van der Waals surface area contributed by atoms with Crippen LogP contribution in [0, 0.1) is 0 Å². The predicted molar refractivity (Wildman–Crippen MR) is 116 cm³/mol. The van der Waals surface area contributed by atoms with Crippen LogP contribution in [0.3, 0.4) is 0 Å². The van der Waals surface area contributed by atoms with Crippen molar-refractivity contribution < 1.29 is 19.3 Å². The van der Waals surface area contributed by atoms with Crippen LogP contribution >= 0.6 is 0 Å². The van der Waals surface area contributed by atoms with Gasteiger partial charge in [0.2, 0.25) is 0 Å². The van der Waals surface area contributed by atoms with Crippen molar-refractivity contribution >= 4 is 12.0 Å². The number of benzene rings is 2. The summed E-state index contributed by atoms with van der Waals surface area (Å²) in [5, 5.41) is 3.08. The summed E-state index contributed by atoms with van der Waals surface area (Å²) in [6.45, 7) is 7.82. The fourth-order valence-electron chi connectivity index (χ4n) is 3.86. The molecule has 29 heavy (non-hydrogen) atoms. The Morgan fingerprint density at radius 1 is 1.07 bits per heavy atom. The Bertz CT molecular complexity index is 799. The van der Waals surface area contributed by atoms with Crippen LogP contribution in [0.1, 0.15) is 18.1 Å². The van der Waals surface area contributed by atoms with Gasteiger partial charge in [-0.1, -0.05) is 54.6 Å². The lowest BCUT2D eigenvalue weighted by atomic mass is 10.1. The maximum absolute atomic E-state index is 12.6. The Balaban J connectivity index is 1.41. The second kappa shape index (κ2) is 10.8. The first-order chi connectivity index (χ1) is 14.2. The highest BCUT2D eigenvalue weighted by atomic mass is 16.5. The van der Waals surface area contributed by atoms with E-state index in [0.717, 1.165) is 44.0 Å². The largest absolute Gasteiger partial charge is 0.496 e. The highest BCUT2D eigenvalue weighted by molar-refractivity contribution is 5.80. The van der Waals surface area contributed by atoms with Crippen molar-refractivity contribution in [3.63, 3.8) is 0 Å². The maximum Gasteiger partial charge on any atom is 0.278 e. The minimum Gasteiger partial charge on any atom is -0.496 e. The van der Waals surface area contributed by atoms with Crippen molar-refractivity contribution in [2.45, 2.75) is 19.5 Å². The molecule has 1 fully saturated rings. The topological polar surface area (TPSA) is 47.2 Å². The van der Waals surface area contributed by atoms with E-state index in [9.17, 15) is 4.79 Å². The number of rotatable bonds is 8. The van der Waals surface area contributed by atoms with E-state index in [1.807, 2.05) is 37.3 Å². The van der Waals surface area contributed by atoms with E-state index in [1.165, 1.54) is 10.5 Å². The van der Waals surface area contributed by atoms with Crippen molar-refractivity contribution in [2.75, 3.05) is 39.8 Å². The predicted octanol–water partition coefficient (Wildman–Crippen LogP) is 0.197. The highest BCUT2D eigenvalue weighted by Gasteiger charge is 2.30. The number of methoxy groups -OCH3 is 1. The van der Waals surface area contributed by atoms with Crippen molar-refractivity contribution in [3.05, 3.63) is 71.8 Å². The molecule has 1 atom stereocenters. The minimum absolute atomic E-state index is 0.0360. The molecule has 0 aromatic heterocycles. The van der Waals surface area contributed by atoms with E-state index in [2.05, 4.69) is 41.7 Å². The second-order valence-electron chi connectivity index (χ2n) is 7.68. The third-order valence-electron chi connectivity index (χ3n) is 5.77. The number of quaternary nitrogens is 2. The Morgan fingerprint density at radius 2 is 1.76 bits per heavy atom. The molecule has 1 heterocycles. The first-order valence-corrected chi connectivity index (χ1v) is 10.5. The molecule has 2 aromatic rings. The SMILES string of the molecule is COc1ccccc1CNC(=O)[C@H](C)[NH+]1CC[NH+](C/C=C/c2ccccc2)CC1. The number of carbonyl (C=O) groups excluding carboxylic acids is 1. The van der Waals surface area contributed by atoms with E-state index >= 15 is 0 Å². The van der Waals surface area contributed by atoms with Crippen molar-refractivity contribution in [2.24, 2.45) is 0 Å². The molecule has 5 heteroatoms. The van der Waals surface area contributed by atoms with Gasteiger partial charge in [-0.2, -0.15) is 0 Å². The van der Waals surface area contributed by atoms with Crippen LogP contribution in [0.25, 0.3) is 6.08 Å². The number of ether oxygens (including phenoxy) is 1. The van der Waals surface area contributed by atoms with Gasteiger partial charge in [-0.05, 0) is 24.6 Å².